The van der Waals surface area contributed by atoms with E-state index in [0.29, 0.717) is 51.7 Å². The molecule has 1 aliphatic rings. The molecule has 1 aliphatic heterocycles. The first kappa shape index (κ1) is 37.3. The topological polar surface area (TPSA) is 106 Å². The van der Waals surface area contributed by atoms with Gasteiger partial charge >= 0.3 is 0 Å². The SMILES string of the molecule is COc1cc(C(=O)N(C)CC(CCN2CCCN(c3nc4ccccc4n3Cc3ccc(CO)o3)CC2)c2ccc(Cl)c(Cl)c2)cc(OC)c1OC. The molecule has 276 valence electrons. The van der Waals surface area contributed by atoms with Crippen LogP contribution >= 0.6 is 23.2 Å². The van der Waals surface area contributed by atoms with E-state index in [0.717, 1.165) is 73.9 Å². The number of carbonyl (C=O) groups is 1. The molecule has 0 spiro atoms. The fourth-order valence-corrected chi connectivity index (χ4v) is 7.22. The number of hydrogen-bond donors (Lipinski definition) is 1. The van der Waals surface area contributed by atoms with Crippen molar-refractivity contribution >= 4 is 46.1 Å². The molecule has 0 bridgehead atoms. The third kappa shape index (κ3) is 8.28. The standard InChI is InChI=1S/C39H45Cl2N5O6/c1-43(38(48)28-21-35(49-2)37(51-4)36(22-28)50-3)23-27(26-10-13-31(40)32(41)20-26)14-17-44-15-7-16-45(19-18-44)39-42-33-8-5-6-9-34(33)46(39)24-29-11-12-30(25-47)52-29/h5-6,8-13,20-22,27,47H,7,14-19,23-25H2,1-4H3. The number of anilines is 1. The molecule has 0 aliphatic carbocycles. The maximum Gasteiger partial charge on any atom is 0.253 e. The lowest BCUT2D eigenvalue weighted by Crippen LogP contribution is -2.35. The van der Waals surface area contributed by atoms with E-state index >= 15 is 0 Å². The fraction of sp³-hybridized carbons (Fsp3) is 0.385. The molecule has 0 radical (unpaired) electrons. The number of para-hydroxylation sites is 2. The molecule has 52 heavy (non-hydrogen) atoms. The number of benzene rings is 3. The number of methoxy groups -OCH3 is 3. The van der Waals surface area contributed by atoms with Crippen LogP contribution in [0, 0.1) is 0 Å². The van der Waals surface area contributed by atoms with Crippen LogP contribution in [-0.2, 0) is 13.2 Å². The van der Waals surface area contributed by atoms with E-state index in [1.54, 1.807) is 24.1 Å². The van der Waals surface area contributed by atoms with Crippen molar-refractivity contribution in [3.8, 4) is 17.2 Å². The molecule has 1 N–H and O–H groups in total. The van der Waals surface area contributed by atoms with Gasteiger partial charge in [0, 0.05) is 44.7 Å². The van der Waals surface area contributed by atoms with Gasteiger partial charge in [0.1, 0.15) is 18.1 Å². The molecule has 6 rings (SSSR count). The summed E-state index contributed by atoms with van der Waals surface area (Å²) in [6, 6.07) is 20.9. The molecule has 0 saturated carbocycles. The Bertz CT molecular complexity index is 1970. The first-order valence-electron chi connectivity index (χ1n) is 17.3. The number of likely N-dealkylation sites (N-methyl/N-ethyl adjacent to an activating group) is 1. The number of hydrogen-bond acceptors (Lipinski definition) is 9. The molecule has 1 saturated heterocycles. The Labute approximate surface area is 314 Å². The van der Waals surface area contributed by atoms with Gasteiger partial charge in [0.25, 0.3) is 5.91 Å². The zero-order valence-electron chi connectivity index (χ0n) is 30.0. The van der Waals surface area contributed by atoms with Crippen molar-refractivity contribution in [2.24, 2.45) is 0 Å². The van der Waals surface area contributed by atoms with Crippen LogP contribution in [0.1, 0.15) is 46.2 Å². The van der Waals surface area contributed by atoms with Crippen molar-refractivity contribution in [1.29, 1.82) is 0 Å². The number of ether oxygens (including phenoxy) is 3. The van der Waals surface area contributed by atoms with Crippen LogP contribution in [0.2, 0.25) is 10.0 Å². The summed E-state index contributed by atoms with van der Waals surface area (Å²) in [4.78, 5) is 25.4. The lowest BCUT2D eigenvalue weighted by Gasteiger charge is -2.28. The third-order valence-corrected chi connectivity index (χ3v) is 10.4. The Morgan fingerprint density at radius 3 is 2.37 bits per heavy atom. The Hall–Kier alpha value is -4.42. The number of carbonyl (C=O) groups excluding carboxylic acids is 1. The number of halogens is 2. The third-order valence-electron chi connectivity index (χ3n) is 9.65. The van der Waals surface area contributed by atoms with Crippen LogP contribution in [0.3, 0.4) is 0 Å². The first-order valence-corrected chi connectivity index (χ1v) is 18.1. The second-order valence-corrected chi connectivity index (χ2v) is 13.8. The number of aliphatic hydroxyl groups is 1. The molecule has 1 fully saturated rings. The van der Waals surface area contributed by atoms with Crippen molar-refractivity contribution in [3.63, 3.8) is 0 Å². The Balaban J connectivity index is 1.17. The van der Waals surface area contributed by atoms with Gasteiger partial charge in [-0.1, -0.05) is 41.4 Å². The average molecular weight is 751 g/mol. The lowest BCUT2D eigenvalue weighted by atomic mass is 9.94. The summed E-state index contributed by atoms with van der Waals surface area (Å²) in [7, 11) is 6.40. The van der Waals surface area contributed by atoms with Crippen molar-refractivity contribution in [2.75, 3.05) is 72.5 Å². The molecule has 1 amide bonds. The van der Waals surface area contributed by atoms with E-state index in [-0.39, 0.29) is 18.4 Å². The van der Waals surface area contributed by atoms with E-state index in [9.17, 15) is 9.90 Å². The van der Waals surface area contributed by atoms with Gasteiger partial charge in [0.2, 0.25) is 11.7 Å². The van der Waals surface area contributed by atoms with Crippen LogP contribution in [0.5, 0.6) is 17.2 Å². The van der Waals surface area contributed by atoms with Gasteiger partial charge in [-0.25, -0.2) is 4.98 Å². The molecule has 13 heteroatoms. The van der Waals surface area contributed by atoms with Crippen molar-refractivity contribution < 1.29 is 28.5 Å². The van der Waals surface area contributed by atoms with E-state index in [2.05, 4.69) is 20.4 Å². The maximum atomic E-state index is 13.8. The monoisotopic (exact) mass is 749 g/mol. The number of imidazole rings is 1. The highest BCUT2D eigenvalue weighted by molar-refractivity contribution is 6.42. The van der Waals surface area contributed by atoms with Crippen LogP contribution in [0.25, 0.3) is 11.0 Å². The maximum absolute atomic E-state index is 13.8. The number of fused-ring (bicyclic) bond motifs is 1. The largest absolute Gasteiger partial charge is 0.493 e. The molecule has 3 aromatic carbocycles. The van der Waals surface area contributed by atoms with E-state index in [4.69, 9.17) is 46.8 Å². The van der Waals surface area contributed by atoms with E-state index in [1.807, 2.05) is 48.5 Å². The molecular formula is C39H45Cl2N5O6. The van der Waals surface area contributed by atoms with Gasteiger partial charge in [-0.05, 0) is 80.0 Å². The van der Waals surface area contributed by atoms with Crippen molar-refractivity contribution in [2.45, 2.75) is 31.9 Å². The normalized spacial score (nSPS) is 14.3. The summed E-state index contributed by atoms with van der Waals surface area (Å²) in [5, 5.41) is 10.5. The van der Waals surface area contributed by atoms with Crippen molar-refractivity contribution in [1.82, 2.24) is 19.4 Å². The summed E-state index contributed by atoms with van der Waals surface area (Å²) in [6.45, 7) is 5.13. The minimum Gasteiger partial charge on any atom is -0.493 e. The smallest absolute Gasteiger partial charge is 0.253 e. The summed E-state index contributed by atoms with van der Waals surface area (Å²) in [6.07, 6.45) is 1.77. The lowest BCUT2D eigenvalue weighted by molar-refractivity contribution is 0.0782. The second kappa shape index (κ2) is 16.9. The van der Waals surface area contributed by atoms with E-state index in [1.165, 1.54) is 21.3 Å². The quantitative estimate of drug-likeness (QED) is 0.129. The Morgan fingerprint density at radius 2 is 1.67 bits per heavy atom. The summed E-state index contributed by atoms with van der Waals surface area (Å²) in [5.41, 5.74) is 3.42. The van der Waals surface area contributed by atoms with Gasteiger partial charge in [0.05, 0.1) is 49.0 Å². The summed E-state index contributed by atoms with van der Waals surface area (Å²) < 4.78 is 24.5. The number of aromatic nitrogens is 2. The molecule has 1 unspecified atom stereocenters. The molecule has 11 nitrogen and oxygen atoms in total. The van der Waals surface area contributed by atoms with Crippen LogP contribution in [0.4, 0.5) is 5.95 Å². The van der Waals surface area contributed by atoms with E-state index < -0.39 is 0 Å². The Kier molecular flexibility index (Phi) is 12.2. The predicted octanol–water partition coefficient (Wildman–Crippen LogP) is 6.96. The molecule has 2 aromatic heterocycles. The highest BCUT2D eigenvalue weighted by atomic mass is 35.5. The zero-order valence-corrected chi connectivity index (χ0v) is 31.5. The average Bonchev–Trinajstić information content (AvgIpc) is 3.70. The second-order valence-electron chi connectivity index (χ2n) is 13.0. The fourth-order valence-electron chi connectivity index (χ4n) is 6.91. The highest BCUT2D eigenvalue weighted by Crippen LogP contribution is 2.39. The molecule has 3 heterocycles. The number of amides is 1. The van der Waals surface area contributed by atoms with Gasteiger partial charge in [-0.15, -0.1) is 0 Å². The molecule has 1 atom stereocenters. The number of rotatable bonds is 14. The predicted molar refractivity (Wildman–Crippen MR) is 204 cm³/mol. The van der Waals surface area contributed by atoms with Crippen molar-refractivity contribution in [3.05, 3.63) is 99.4 Å². The minimum atomic E-state index is -0.167. The van der Waals surface area contributed by atoms with Crippen LogP contribution in [0.15, 0.2) is 71.1 Å². The minimum absolute atomic E-state index is 0.00795. The van der Waals surface area contributed by atoms with Gasteiger partial charge in [-0.3, -0.25) is 4.79 Å². The number of nitrogens with zero attached hydrogens (tertiary/aromatic N) is 5. The number of furan rings is 1. The zero-order chi connectivity index (χ0) is 36.8. The van der Waals surface area contributed by atoms with Gasteiger partial charge in [0.15, 0.2) is 11.5 Å². The van der Waals surface area contributed by atoms with Crippen LogP contribution < -0.4 is 19.1 Å². The number of aliphatic hydroxyl groups excluding tert-OH is 1. The Morgan fingerprint density at radius 1 is 0.923 bits per heavy atom. The summed E-state index contributed by atoms with van der Waals surface area (Å²) >= 11 is 12.8. The highest BCUT2D eigenvalue weighted by Gasteiger charge is 2.25. The first-order chi connectivity index (χ1) is 25.2. The van der Waals surface area contributed by atoms with Gasteiger partial charge in [-0.2, -0.15) is 0 Å². The molecular weight excluding hydrogens is 705 g/mol. The van der Waals surface area contributed by atoms with Crippen LogP contribution in [-0.4, -0.2) is 98.0 Å². The van der Waals surface area contributed by atoms with Gasteiger partial charge < -0.3 is 43.0 Å². The summed E-state index contributed by atoms with van der Waals surface area (Å²) in [5.74, 6) is 3.32. The molecule has 5 aromatic rings.